The van der Waals surface area contributed by atoms with Gasteiger partial charge >= 0.3 is 0 Å². The number of likely N-dealkylation sites (N-methyl/N-ethyl adjacent to an activating group) is 1. The number of aromatic nitrogens is 2. The largest absolute Gasteiger partial charge is 0.384 e. The highest BCUT2D eigenvalue weighted by Gasteiger charge is 2.06. The second kappa shape index (κ2) is 7.94. The molecule has 0 aliphatic heterocycles. The van der Waals surface area contributed by atoms with E-state index in [0.29, 0.717) is 11.9 Å². The van der Waals surface area contributed by atoms with E-state index in [0.717, 1.165) is 44.0 Å². The zero-order valence-corrected chi connectivity index (χ0v) is 12.6. The van der Waals surface area contributed by atoms with Gasteiger partial charge in [0.05, 0.1) is 0 Å². The lowest BCUT2D eigenvalue weighted by Crippen LogP contribution is -2.32. The summed E-state index contributed by atoms with van der Waals surface area (Å²) in [7, 11) is 2.15. The van der Waals surface area contributed by atoms with E-state index >= 15 is 0 Å². The van der Waals surface area contributed by atoms with E-state index in [4.69, 9.17) is 5.73 Å². The molecule has 0 bridgehead atoms. The van der Waals surface area contributed by atoms with Crippen molar-refractivity contribution in [2.24, 2.45) is 0 Å². The summed E-state index contributed by atoms with van der Waals surface area (Å²) in [6, 6.07) is 2.40. The molecule has 1 unspecified atom stereocenters. The van der Waals surface area contributed by atoms with Gasteiger partial charge in [0, 0.05) is 31.6 Å². The van der Waals surface area contributed by atoms with E-state index in [1.54, 1.807) is 6.07 Å². The van der Waals surface area contributed by atoms with Crippen LogP contribution >= 0.6 is 0 Å². The average Bonchev–Trinajstić information content (AvgIpc) is 2.37. The second-order valence-electron chi connectivity index (χ2n) is 5.01. The van der Waals surface area contributed by atoms with E-state index in [9.17, 15) is 0 Å². The van der Waals surface area contributed by atoms with Gasteiger partial charge in [0.2, 0.25) is 0 Å². The molecule has 5 nitrogen and oxygen atoms in total. The standard InChI is InChI=1S/C14H27N5/c1-5-7-13-17-12(15)10-14(18-13)16-8-9-19(4)11(3)6-2/h10-11H,5-9H2,1-4H3,(H3,15,16,17,18). The predicted molar refractivity (Wildman–Crippen MR) is 81.3 cm³/mol. The first-order valence-electron chi connectivity index (χ1n) is 7.14. The molecule has 1 atom stereocenters. The van der Waals surface area contributed by atoms with Crippen LogP contribution < -0.4 is 11.1 Å². The van der Waals surface area contributed by atoms with Crippen molar-refractivity contribution in [1.82, 2.24) is 14.9 Å². The molecule has 0 fully saturated rings. The Balaban J connectivity index is 2.48. The molecular formula is C14H27N5. The molecule has 1 heterocycles. The molecular weight excluding hydrogens is 238 g/mol. The predicted octanol–water partition coefficient (Wildman–Crippen LogP) is 2.15. The van der Waals surface area contributed by atoms with Gasteiger partial charge in [0.25, 0.3) is 0 Å². The van der Waals surface area contributed by atoms with Gasteiger partial charge in [-0.15, -0.1) is 0 Å². The van der Waals surface area contributed by atoms with E-state index in [1.165, 1.54) is 0 Å². The second-order valence-corrected chi connectivity index (χ2v) is 5.01. The molecule has 3 N–H and O–H groups in total. The van der Waals surface area contributed by atoms with Crippen molar-refractivity contribution in [2.45, 2.75) is 46.1 Å². The maximum absolute atomic E-state index is 5.79. The Labute approximate surface area is 116 Å². The Kier molecular flexibility index (Phi) is 6.56. The van der Waals surface area contributed by atoms with Crippen LogP contribution in [0, 0.1) is 0 Å². The number of hydrogen-bond acceptors (Lipinski definition) is 5. The minimum atomic E-state index is 0.538. The van der Waals surface area contributed by atoms with Crippen LogP contribution in [0.15, 0.2) is 6.07 Å². The van der Waals surface area contributed by atoms with Gasteiger partial charge in [-0.1, -0.05) is 13.8 Å². The van der Waals surface area contributed by atoms with Crippen LogP contribution in [0.2, 0.25) is 0 Å². The summed E-state index contributed by atoms with van der Waals surface area (Å²) >= 11 is 0. The van der Waals surface area contributed by atoms with Crippen LogP contribution in [0.4, 0.5) is 11.6 Å². The third-order valence-corrected chi connectivity index (χ3v) is 3.38. The summed E-state index contributed by atoms with van der Waals surface area (Å²) in [6.45, 7) is 8.41. The van der Waals surface area contributed by atoms with E-state index in [-0.39, 0.29) is 0 Å². The van der Waals surface area contributed by atoms with Crippen LogP contribution in [0.1, 0.15) is 39.4 Å². The van der Waals surface area contributed by atoms with Gasteiger partial charge in [0.1, 0.15) is 17.5 Å². The first-order valence-corrected chi connectivity index (χ1v) is 7.14. The van der Waals surface area contributed by atoms with Gasteiger partial charge in [-0.2, -0.15) is 0 Å². The Morgan fingerprint density at radius 1 is 1.37 bits per heavy atom. The van der Waals surface area contributed by atoms with E-state index in [1.807, 2.05) is 0 Å². The van der Waals surface area contributed by atoms with Crippen molar-refractivity contribution in [3.05, 3.63) is 11.9 Å². The summed E-state index contributed by atoms with van der Waals surface area (Å²) < 4.78 is 0. The lowest BCUT2D eigenvalue weighted by molar-refractivity contribution is 0.261. The Hall–Kier alpha value is -1.36. The summed E-state index contributed by atoms with van der Waals surface area (Å²) in [5, 5.41) is 3.32. The molecule has 19 heavy (non-hydrogen) atoms. The first kappa shape index (κ1) is 15.7. The monoisotopic (exact) mass is 265 g/mol. The fourth-order valence-corrected chi connectivity index (χ4v) is 1.84. The molecule has 0 amide bonds. The van der Waals surface area contributed by atoms with Crippen molar-refractivity contribution in [2.75, 3.05) is 31.2 Å². The molecule has 0 saturated heterocycles. The Morgan fingerprint density at radius 3 is 2.74 bits per heavy atom. The van der Waals surface area contributed by atoms with E-state index < -0.39 is 0 Å². The number of nitrogens with zero attached hydrogens (tertiary/aromatic N) is 3. The Morgan fingerprint density at radius 2 is 2.11 bits per heavy atom. The average molecular weight is 265 g/mol. The zero-order valence-electron chi connectivity index (χ0n) is 12.6. The number of nitrogen functional groups attached to an aromatic ring is 1. The van der Waals surface area contributed by atoms with Crippen molar-refractivity contribution >= 4 is 11.6 Å². The number of nitrogens with one attached hydrogen (secondary N) is 1. The molecule has 0 radical (unpaired) electrons. The molecule has 0 spiro atoms. The topological polar surface area (TPSA) is 67.1 Å². The highest BCUT2D eigenvalue weighted by atomic mass is 15.1. The van der Waals surface area contributed by atoms with Gasteiger partial charge in [-0.05, 0) is 26.8 Å². The summed E-state index contributed by atoms with van der Waals surface area (Å²) in [5.41, 5.74) is 5.79. The molecule has 1 aromatic rings. The third kappa shape index (κ3) is 5.42. The van der Waals surface area contributed by atoms with E-state index in [2.05, 4.69) is 48.0 Å². The van der Waals surface area contributed by atoms with Crippen LogP contribution in [-0.4, -0.2) is 41.0 Å². The van der Waals surface area contributed by atoms with Crippen LogP contribution in [0.25, 0.3) is 0 Å². The Bertz CT molecular complexity index is 380. The van der Waals surface area contributed by atoms with Crippen LogP contribution in [0.3, 0.4) is 0 Å². The lowest BCUT2D eigenvalue weighted by Gasteiger charge is -2.23. The number of hydrogen-bond donors (Lipinski definition) is 2. The molecule has 108 valence electrons. The van der Waals surface area contributed by atoms with Crippen LogP contribution in [-0.2, 0) is 6.42 Å². The number of aryl methyl sites for hydroxylation is 1. The van der Waals surface area contributed by atoms with Gasteiger partial charge in [-0.3, -0.25) is 0 Å². The number of nitrogens with two attached hydrogens (primary N) is 1. The summed E-state index contributed by atoms with van der Waals surface area (Å²) in [5.74, 6) is 2.19. The summed E-state index contributed by atoms with van der Waals surface area (Å²) in [4.78, 5) is 11.0. The summed E-state index contributed by atoms with van der Waals surface area (Å²) in [6.07, 6.45) is 3.06. The zero-order chi connectivity index (χ0) is 14.3. The highest BCUT2D eigenvalue weighted by Crippen LogP contribution is 2.09. The quantitative estimate of drug-likeness (QED) is 0.754. The number of anilines is 2. The molecule has 5 heteroatoms. The molecule has 0 saturated carbocycles. The van der Waals surface area contributed by atoms with Crippen molar-refractivity contribution in [1.29, 1.82) is 0 Å². The molecule has 1 aromatic heterocycles. The fourth-order valence-electron chi connectivity index (χ4n) is 1.84. The SMILES string of the molecule is CCCc1nc(N)cc(NCCN(C)C(C)CC)n1. The third-order valence-electron chi connectivity index (χ3n) is 3.38. The molecule has 0 aliphatic rings. The molecule has 1 rings (SSSR count). The van der Waals surface area contributed by atoms with Crippen molar-refractivity contribution in [3.63, 3.8) is 0 Å². The molecule has 0 aliphatic carbocycles. The normalized spacial score (nSPS) is 12.7. The van der Waals surface area contributed by atoms with Gasteiger partial charge in [0.15, 0.2) is 0 Å². The highest BCUT2D eigenvalue weighted by molar-refractivity contribution is 5.44. The van der Waals surface area contributed by atoms with Crippen LogP contribution in [0.5, 0.6) is 0 Å². The minimum absolute atomic E-state index is 0.538. The smallest absolute Gasteiger partial charge is 0.133 e. The molecule has 0 aromatic carbocycles. The fraction of sp³-hybridized carbons (Fsp3) is 0.714. The lowest BCUT2D eigenvalue weighted by atomic mass is 10.2. The maximum atomic E-state index is 5.79. The first-order chi connectivity index (χ1) is 9.06. The number of rotatable bonds is 8. The minimum Gasteiger partial charge on any atom is -0.384 e. The van der Waals surface area contributed by atoms with Gasteiger partial charge in [-0.25, -0.2) is 9.97 Å². The maximum Gasteiger partial charge on any atom is 0.133 e. The van der Waals surface area contributed by atoms with Crippen molar-refractivity contribution in [3.8, 4) is 0 Å². The van der Waals surface area contributed by atoms with Crippen molar-refractivity contribution < 1.29 is 0 Å². The van der Waals surface area contributed by atoms with Gasteiger partial charge < -0.3 is 16.0 Å².